The van der Waals surface area contributed by atoms with Gasteiger partial charge in [0.05, 0.1) is 65.5 Å². The van der Waals surface area contributed by atoms with E-state index in [1.807, 2.05) is 0 Å². The first-order valence-electron chi connectivity index (χ1n) is 15.7. The lowest BCUT2D eigenvalue weighted by Gasteiger charge is -2.25. The Morgan fingerprint density at radius 2 is 1.14 bits per heavy atom. The summed E-state index contributed by atoms with van der Waals surface area (Å²) < 4.78 is 27.4. The Hall–Kier alpha value is -1.76. The smallest absolute Gasteiger partial charge is 0.222 e. The van der Waals surface area contributed by atoms with E-state index in [9.17, 15) is 19.2 Å². The van der Waals surface area contributed by atoms with E-state index in [2.05, 4.69) is 10.6 Å². The molecular formula is C31H56N2O9. The van der Waals surface area contributed by atoms with Gasteiger partial charge in [-0.1, -0.05) is 0 Å². The molecule has 11 heteroatoms. The highest BCUT2D eigenvalue weighted by atomic mass is 16.6. The van der Waals surface area contributed by atoms with Crippen LogP contribution < -0.4 is 10.6 Å². The van der Waals surface area contributed by atoms with E-state index in [1.54, 1.807) is 20.9 Å². The van der Waals surface area contributed by atoms with Gasteiger partial charge in [-0.25, -0.2) is 0 Å². The number of carbonyl (C=O) groups excluding carboxylic acids is 4. The summed E-state index contributed by atoms with van der Waals surface area (Å²) in [5, 5.41) is 5.86. The lowest BCUT2D eigenvalue weighted by atomic mass is 9.78. The first-order valence-corrected chi connectivity index (χ1v) is 15.7. The zero-order chi connectivity index (χ0) is 30.8. The molecule has 0 bridgehead atoms. The van der Waals surface area contributed by atoms with Crippen LogP contribution in [0.4, 0.5) is 0 Å². The van der Waals surface area contributed by atoms with Crippen molar-refractivity contribution in [3.63, 3.8) is 0 Å². The van der Waals surface area contributed by atoms with Gasteiger partial charge in [-0.3, -0.25) is 19.2 Å². The van der Waals surface area contributed by atoms with E-state index >= 15 is 0 Å². The molecule has 0 spiro atoms. The van der Waals surface area contributed by atoms with E-state index in [0.717, 1.165) is 51.4 Å². The largest absolute Gasteiger partial charge is 0.379 e. The van der Waals surface area contributed by atoms with Gasteiger partial charge in [0.15, 0.2) is 0 Å². The maximum Gasteiger partial charge on any atom is 0.222 e. The van der Waals surface area contributed by atoms with Crippen LogP contribution in [-0.4, -0.2) is 109 Å². The first-order chi connectivity index (χ1) is 20.3. The van der Waals surface area contributed by atoms with Gasteiger partial charge in [0.2, 0.25) is 5.91 Å². The van der Waals surface area contributed by atoms with Crippen molar-refractivity contribution in [2.45, 2.75) is 84.1 Å². The third-order valence-corrected chi connectivity index (χ3v) is 7.51. The minimum Gasteiger partial charge on any atom is -0.379 e. The molecule has 42 heavy (non-hydrogen) atoms. The molecule has 0 aromatic carbocycles. The number of nitrogens with one attached hydrogen (secondary N) is 2. The van der Waals surface area contributed by atoms with Crippen LogP contribution in [0.2, 0.25) is 0 Å². The van der Waals surface area contributed by atoms with Crippen LogP contribution in [0.25, 0.3) is 0 Å². The molecule has 0 heterocycles. The van der Waals surface area contributed by atoms with Crippen molar-refractivity contribution in [3.05, 3.63) is 0 Å². The number of amides is 1. The standard InChI is InChI=1S/C31H56N2O9/c1-25(34)27-9-11-28(12-10-27)30(36)8-6-15-38-17-19-40-21-23-42-24-22-41-20-18-39-16-13-31(37)33-14-5-4-7-29(32-3)26(2)35/h27-29,32H,4-24H2,1-3H3,(H,33,37). The lowest BCUT2D eigenvalue weighted by Crippen LogP contribution is -2.32. The van der Waals surface area contributed by atoms with Gasteiger partial charge in [0.1, 0.15) is 17.3 Å². The fraction of sp³-hybridized carbons (Fsp3) is 0.871. The normalized spacial score (nSPS) is 17.6. The summed E-state index contributed by atoms with van der Waals surface area (Å²) in [6.45, 7) is 8.44. The fourth-order valence-electron chi connectivity index (χ4n) is 4.86. The maximum absolute atomic E-state index is 12.3. The van der Waals surface area contributed by atoms with Crippen molar-refractivity contribution in [2.24, 2.45) is 11.8 Å². The van der Waals surface area contributed by atoms with Gasteiger partial charge >= 0.3 is 0 Å². The van der Waals surface area contributed by atoms with Crippen molar-refractivity contribution in [1.29, 1.82) is 0 Å². The minimum absolute atomic E-state index is 0.0394. The minimum atomic E-state index is -0.105. The summed E-state index contributed by atoms with van der Waals surface area (Å²) in [5.74, 6) is 0.925. The molecule has 1 aliphatic rings. The Bertz CT molecular complexity index is 742. The predicted octanol–water partition coefficient (Wildman–Crippen LogP) is 2.67. The van der Waals surface area contributed by atoms with Crippen LogP contribution in [0.5, 0.6) is 0 Å². The van der Waals surface area contributed by atoms with E-state index in [0.29, 0.717) is 91.2 Å². The zero-order valence-electron chi connectivity index (χ0n) is 26.3. The summed E-state index contributed by atoms with van der Waals surface area (Å²) in [7, 11) is 1.78. The Balaban J connectivity index is 1.76. The Kier molecular flexibility index (Phi) is 23.4. The third kappa shape index (κ3) is 20.2. The van der Waals surface area contributed by atoms with Crippen molar-refractivity contribution in [3.8, 4) is 0 Å². The predicted molar refractivity (Wildman–Crippen MR) is 159 cm³/mol. The molecule has 244 valence electrons. The molecule has 0 radical (unpaired) electrons. The summed E-state index contributed by atoms with van der Waals surface area (Å²) in [6.07, 6.45) is 7.44. The molecule has 2 N–H and O–H groups in total. The molecule has 0 aromatic heterocycles. The van der Waals surface area contributed by atoms with E-state index in [1.165, 1.54) is 0 Å². The Morgan fingerprint density at radius 1 is 0.643 bits per heavy atom. The Morgan fingerprint density at radius 3 is 1.64 bits per heavy atom. The van der Waals surface area contributed by atoms with Crippen LogP contribution in [-0.2, 0) is 42.9 Å². The topological polar surface area (TPSA) is 138 Å². The van der Waals surface area contributed by atoms with Gasteiger partial charge < -0.3 is 34.3 Å². The molecule has 0 aliphatic heterocycles. The van der Waals surface area contributed by atoms with Crippen LogP contribution in [0.1, 0.15) is 78.1 Å². The van der Waals surface area contributed by atoms with Crippen LogP contribution in [0.15, 0.2) is 0 Å². The van der Waals surface area contributed by atoms with E-state index in [4.69, 9.17) is 23.7 Å². The quantitative estimate of drug-likeness (QED) is 0.129. The molecule has 0 saturated heterocycles. The second kappa shape index (κ2) is 25.7. The average Bonchev–Trinajstić information content (AvgIpc) is 2.98. The zero-order valence-corrected chi connectivity index (χ0v) is 26.3. The van der Waals surface area contributed by atoms with Gasteiger partial charge in [0, 0.05) is 37.8 Å². The van der Waals surface area contributed by atoms with Gasteiger partial charge in [-0.15, -0.1) is 0 Å². The van der Waals surface area contributed by atoms with Gasteiger partial charge in [-0.05, 0) is 72.3 Å². The number of ketones is 3. The number of carbonyl (C=O) groups is 4. The molecule has 1 atom stereocenters. The van der Waals surface area contributed by atoms with E-state index < -0.39 is 0 Å². The van der Waals surface area contributed by atoms with Gasteiger partial charge in [0.25, 0.3) is 0 Å². The molecule has 1 aliphatic carbocycles. The molecule has 1 rings (SSSR count). The highest BCUT2D eigenvalue weighted by Gasteiger charge is 2.27. The van der Waals surface area contributed by atoms with Crippen molar-refractivity contribution < 1.29 is 42.9 Å². The highest BCUT2D eigenvalue weighted by molar-refractivity contribution is 5.82. The molecule has 1 fully saturated rings. The molecule has 0 aromatic rings. The number of rotatable bonds is 28. The number of hydrogen-bond donors (Lipinski definition) is 2. The number of ether oxygens (including phenoxy) is 5. The second-order valence-electron chi connectivity index (χ2n) is 10.8. The van der Waals surface area contributed by atoms with Crippen LogP contribution in [0, 0.1) is 11.8 Å². The van der Waals surface area contributed by atoms with E-state index in [-0.39, 0.29) is 35.4 Å². The molecule has 1 amide bonds. The molecular weight excluding hydrogens is 544 g/mol. The molecule has 11 nitrogen and oxygen atoms in total. The highest BCUT2D eigenvalue weighted by Crippen LogP contribution is 2.30. The van der Waals surface area contributed by atoms with Crippen LogP contribution >= 0.6 is 0 Å². The van der Waals surface area contributed by atoms with Crippen molar-refractivity contribution in [1.82, 2.24) is 10.6 Å². The first kappa shape index (κ1) is 38.3. The van der Waals surface area contributed by atoms with Crippen LogP contribution in [0.3, 0.4) is 0 Å². The third-order valence-electron chi connectivity index (χ3n) is 7.51. The number of unbranched alkanes of at least 4 members (excludes halogenated alkanes) is 1. The summed E-state index contributed by atoms with van der Waals surface area (Å²) in [5.41, 5.74) is 0. The maximum atomic E-state index is 12.3. The monoisotopic (exact) mass is 600 g/mol. The number of likely N-dealkylation sites (N-methyl/N-ethyl adjacent to an activating group) is 1. The van der Waals surface area contributed by atoms with Crippen molar-refractivity contribution in [2.75, 3.05) is 79.7 Å². The lowest BCUT2D eigenvalue weighted by molar-refractivity contribution is -0.127. The molecule has 1 unspecified atom stereocenters. The number of Topliss-reactive ketones (excluding diaryl/α,β-unsaturated/α-hetero) is 3. The fourth-order valence-corrected chi connectivity index (χ4v) is 4.86. The summed E-state index contributed by atoms with van der Waals surface area (Å²) in [6, 6.07) is -0.105. The number of hydrogen-bond acceptors (Lipinski definition) is 10. The SMILES string of the molecule is CNC(CCCCNC(=O)CCOCCOCCOCCOCCOCCCC(=O)C1CCC(C(C)=O)CC1)C(C)=O. The Labute approximate surface area is 252 Å². The molecule has 1 saturated carbocycles. The average molecular weight is 601 g/mol. The summed E-state index contributed by atoms with van der Waals surface area (Å²) in [4.78, 5) is 46.9. The van der Waals surface area contributed by atoms with Crippen molar-refractivity contribution >= 4 is 23.3 Å². The second-order valence-corrected chi connectivity index (χ2v) is 10.8. The van der Waals surface area contributed by atoms with Gasteiger partial charge in [-0.2, -0.15) is 0 Å². The summed E-state index contributed by atoms with van der Waals surface area (Å²) >= 11 is 0.